The quantitative estimate of drug-likeness (QED) is 0.0643. The highest BCUT2D eigenvalue weighted by Gasteiger charge is 2.50. The number of aliphatic hydroxyl groups is 8. The van der Waals surface area contributed by atoms with Crippen molar-refractivity contribution in [1.82, 2.24) is 5.32 Å². The predicted octanol–water partition coefficient (Wildman–Crippen LogP) is -2.20. The molecule has 2 saturated heterocycles. The van der Waals surface area contributed by atoms with E-state index in [-0.39, 0.29) is 18.9 Å². The lowest BCUT2D eigenvalue weighted by atomic mass is 9.97. The van der Waals surface area contributed by atoms with Gasteiger partial charge < -0.3 is 65.1 Å². The summed E-state index contributed by atoms with van der Waals surface area (Å²) in [6.07, 6.45) is -7.65. The van der Waals surface area contributed by atoms with Crippen LogP contribution in [-0.4, -0.2) is 140 Å². The standard InChI is InChI=1S/C27H49NO13/c1-3-5-6-7-8-9-11-16(31)15(28-19(32)10-4-2)14-38-26-24(37)22(35)25(18(13-30)40-26)41-27-23(36)21(34)20(33)17(12-29)39-27/h9,11,15-18,20-27,29-31,33-37H,3-8,10,12-14H2,1-2H3,(H,28,32)/b11-9+. The molecular weight excluding hydrogens is 546 g/mol. The summed E-state index contributed by atoms with van der Waals surface area (Å²) in [5, 5.41) is 84.4. The van der Waals surface area contributed by atoms with Crippen molar-refractivity contribution < 1.29 is 64.6 Å². The molecule has 0 radical (unpaired) electrons. The van der Waals surface area contributed by atoms with Crippen LogP contribution in [0.3, 0.4) is 0 Å². The van der Waals surface area contributed by atoms with Gasteiger partial charge in [-0.25, -0.2) is 0 Å². The van der Waals surface area contributed by atoms with Crippen molar-refractivity contribution in [2.75, 3.05) is 19.8 Å². The Kier molecular flexibility index (Phi) is 16.1. The highest BCUT2D eigenvalue weighted by molar-refractivity contribution is 5.76. The molecule has 2 fully saturated rings. The Morgan fingerprint density at radius 1 is 0.854 bits per heavy atom. The summed E-state index contributed by atoms with van der Waals surface area (Å²) in [5.74, 6) is -0.303. The second kappa shape index (κ2) is 18.4. The number of aliphatic hydroxyl groups excluding tert-OH is 8. The van der Waals surface area contributed by atoms with Gasteiger partial charge in [0.05, 0.1) is 32.0 Å². The van der Waals surface area contributed by atoms with Crippen LogP contribution < -0.4 is 5.32 Å². The smallest absolute Gasteiger partial charge is 0.220 e. The fourth-order valence-electron chi connectivity index (χ4n) is 4.68. The SMILES string of the molecule is CCCCCC/C=C/C(O)C(COC1OC(CO)C(OC2OC(CO)C(O)C(O)C2O)C(O)C1O)NC(=O)CCC. The summed E-state index contributed by atoms with van der Waals surface area (Å²) in [5.41, 5.74) is 0. The maximum atomic E-state index is 12.3. The molecule has 0 aliphatic carbocycles. The maximum absolute atomic E-state index is 12.3. The molecule has 0 spiro atoms. The number of hydrogen-bond acceptors (Lipinski definition) is 13. The molecule has 9 N–H and O–H groups in total. The van der Waals surface area contributed by atoms with Crippen LogP contribution in [0.2, 0.25) is 0 Å². The van der Waals surface area contributed by atoms with Crippen molar-refractivity contribution >= 4 is 5.91 Å². The molecule has 0 aromatic carbocycles. The minimum absolute atomic E-state index is 0.231. The molecule has 2 rings (SSSR count). The molecule has 2 aliphatic heterocycles. The van der Waals surface area contributed by atoms with E-state index in [1.807, 2.05) is 13.0 Å². The Morgan fingerprint density at radius 3 is 2.15 bits per heavy atom. The lowest BCUT2D eigenvalue weighted by Crippen LogP contribution is -2.65. The average molecular weight is 596 g/mol. The Morgan fingerprint density at radius 2 is 1.51 bits per heavy atom. The minimum atomic E-state index is -1.78. The van der Waals surface area contributed by atoms with Gasteiger partial charge in [0, 0.05) is 6.42 Å². The van der Waals surface area contributed by atoms with Crippen LogP contribution >= 0.6 is 0 Å². The second-order valence-electron chi connectivity index (χ2n) is 10.5. The van der Waals surface area contributed by atoms with Crippen LogP contribution in [0, 0.1) is 0 Å². The summed E-state index contributed by atoms with van der Waals surface area (Å²) in [6.45, 7) is 2.23. The van der Waals surface area contributed by atoms with E-state index in [1.165, 1.54) is 0 Å². The third-order valence-electron chi connectivity index (χ3n) is 7.19. The zero-order valence-corrected chi connectivity index (χ0v) is 23.8. The molecule has 240 valence electrons. The number of carbonyl (C=O) groups is 1. The van der Waals surface area contributed by atoms with E-state index in [0.29, 0.717) is 6.42 Å². The predicted molar refractivity (Wildman–Crippen MR) is 143 cm³/mol. The molecule has 12 atom stereocenters. The first-order valence-electron chi connectivity index (χ1n) is 14.4. The fourth-order valence-corrected chi connectivity index (χ4v) is 4.68. The largest absolute Gasteiger partial charge is 0.394 e. The van der Waals surface area contributed by atoms with Gasteiger partial charge in [-0.2, -0.15) is 0 Å². The van der Waals surface area contributed by atoms with Gasteiger partial charge in [-0.1, -0.05) is 45.3 Å². The molecule has 0 aromatic rings. The molecule has 1 amide bonds. The molecule has 14 heteroatoms. The molecule has 0 aromatic heterocycles. The lowest BCUT2D eigenvalue weighted by Gasteiger charge is -2.46. The van der Waals surface area contributed by atoms with Crippen molar-refractivity contribution in [3.05, 3.63) is 12.2 Å². The van der Waals surface area contributed by atoms with E-state index in [4.69, 9.17) is 18.9 Å². The van der Waals surface area contributed by atoms with Crippen molar-refractivity contribution in [1.29, 1.82) is 0 Å². The second-order valence-corrected chi connectivity index (χ2v) is 10.5. The lowest BCUT2D eigenvalue weighted by molar-refractivity contribution is -0.359. The third-order valence-corrected chi connectivity index (χ3v) is 7.19. The third kappa shape index (κ3) is 10.4. The highest BCUT2D eigenvalue weighted by Crippen LogP contribution is 2.29. The minimum Gasteiger partial charge on any atom is -0.394 e. The number of nitrogens with one attached hydrogen (secondary N) is 1. The Hall–Kier alpha value is -1.27. The van der Waals surface area contributed by atoms with Crippen molar-refractivity contribution in [2.24, 2.45) is 0 Å². The molecule has 0 bridgehead atoms. The number of amides is 1. The highest BCUT2D eigenvalue weighted by atomic mass is 16.7. The van der Waals surface area contributed by atoms with Crippen LogP contribution in [0.15, 0.2) is 12.2 Å². The van der Waals surface area contributed by atoms with Gasteiger partial charge in [0.2, 0.25) is 5.91 Å². The number of allylic oxidation sites excluding steroid dienone is 1. The summed E-state index contributed by atoms with van der Waals surface area (Å²) in [7, 11) is 0. The summed E-state index contributed by atoms with van der Waals surface area (Å²) < 4.78 is 22.1. The van der Waals surface area contributed by atoms with Crippen LogP contribution in [0.4, 0.5) is 0 Å². The fraction of sp³-hybridized carbons (Fsp3) is 0.889. The molecule has 2 heterocycles. The van der Waals surface area contributed by atoms with Gasteiger partial charge in [0.1, 0.15) is 48.8 Å². The van der Waals surface area contributed by atoms with Gasteiger partial charge >= 0.3 is 0 Å². The van der Waals surface area contributed by atoms with Gasteiger partial charge in [-0.3, -0.25) is 4.79 Å². The van der Waals surface area contributed by atoms with Gasteiger partial charge in [0.25, 0.3) is 0 Å². The molecular formula is C27H49NO13. The molecule has 14 nitrogen and oxygen atoms in total. The molecule has 41 heavy (non-hydrogen) atoms. The van der Waals surface area contributed by atoms with Crippen LogP contribution in [0.5, 0.6) is 0 Å². The Labute approximate surface area is 240 Å². The van der Waals surface area contributed by atoms with E-state index in [1.54, 1.807) is 6.08 Å². The topological polar surface area (TPSA) is 228 Å². The molecule has 2 aliphatic rings. The first-order valence-corrected chi connectivity index (χ1v) is 14.4. The van der Waals surface area contributed by atoms with Gasteiger partial charge in [-0.15, -0.1) is 0 Å². The molecule has 12 unspecified atom stereocenters. The van der Waals surface area contributed by atoms with E-state index in [9.17, 15) is 45.6 Å². The van der Waals surface area contributed by atoms with E-state index in [2.05, 4.69) is 12.2 Å². The van der Waals surface area contributed by atoms with Crippen molar-refractivity contribution in [3.8, 4) is 0 Å². The van der Waals surface area contributed by atoms with E-state index < -0.39 is 86.8 Å². The summed E-state index contributed by atoms with van der Waals surface area (Å²) in [4.78, 5) is 12.3. The summed E-state index contributed by atoms with van der Waals surface area (Å²) in [6, 6.07) is -0.899. The zero-order chi connectivity index (χ0) is 30.5. The zero-order valence-electron chi connectivity index (χ0n) is 23.8. The Bertz CT molecular complexity index is 769. The number of hydrogen-bond donors (Lipinski definition) is 9. The van der Waals surface area contributed by atoms with E-state index in [0.717, 1.165) is 32.1 Å². The number of rotatable bonds is 17. The normalized spacial score (nSPS) is 35.9. The Balaban J connectivity index is 2.04. The van der Waals surface area contributed by atoms with Gasteiger partial charge in [0.15, 0.2) is 12.6 Å². The first kappa shape index (κ1) is 35.9. The van der Waals surface area contributed by atoms with Crippen molar-refractivity contribution in [3.63, 3.8) is 0 Å². The molecule has 0 saturated carbocycles. The van der Waals surface area contributed by atoms with Crippen molar-refractivity contribution in [2.45, 2.75) is 132 Å². The number of unbranched alkanes of at least 4 members (excludes halogenated alkanes) is 4. The van der Waals surface area contributed by atoms with E-state index >= 15 is 0 Å². The maximum Gasteiger partial charge on any atom is 0.220 e. The van der Waals surface area contributed by atoms with Crippen LogP contribution in [0.25, 0.3) is 0 Å². The number of carbonyl (C=O) groups excluding carboxylic acids is 1. The van der Waals surface area contributed by atoms with Crippen LogP contribution in [-0.2, 0) is 23.7 Å². The monoisotopic (exact) mass is 595 g/mol. The first-order chi connectivity index (χ1) is 19.6. The summed E-state index contributed by atoms with van der Waals surface area (Å²) >= 11 is 0. The average Bonchev–Trinajstić information content (AvgIpc) is 2.96. The van der Waals surface area contributed by atoms with Crippen LogP contribution in [0.1, 0.15) is 58.8 Å². The number of ether oxygens (including phenoxy) is 4. The van der Waals surface area contributed by atoms with Gasteiger partial charge in [-0.05, 0) is 19.3 Å².